The van der Waals surface area contributed by atoms with Crippen molar-refractivity contribution >= 4 is 17.5 Å². The number of nitrogens with one attached hydrogen (secondary N) is 2. The second kappa shape index (κ2) is 4.70. The molecular formula is C12H14N6. The molecule has 0 spiro atoms. The van der Waals surface area contributed by atoms with E-state index in [1.54, 1.807) is 4.90 Å². The molecule has 0 fully saturated rings. The molecular weight excluding hydrogens is 228 g/mol. The van der Waals surface area contributed by atoms with Crippen molar-refractivity contribution < 1.29 is 0 Å². The van der Waals surface area contributed by atoms with E-state index in [1.165, 1.54) is 17.0 Å². The number of nitrogens with two attached hydrogens (primary N) is 1. The Morgan fingerprint density at radius 1 is 1.33 bits per heavy atom. The maximum Gasteiger partial charge on any atom is 0.198 e. The highest BCUT2D eigenvalue weighted by Gasteiger charge is 2.09. The lowest BCUT2D eigenvalue weighted by atomic mass is 10.3. The van der Waals surface area contributed by atoms with Crippen LogP contribution in [-0.4, -0.2) is 22.6 Å². The molecule has 18 heavy (non-hydrogen) atoms. The largest absolute Gasteiger partial charge is 0.369 e. The van der Waals surface area contributed by atoms with Gasteiger partial charge in [-0.05, 0) is 12.1 Å². The number of para-hydroxylation sites is 1. The summed E-state index contributed by atoms with van der Waals surface area (Å²) in [4.78, 5) is 5.94. The molecule has 92 valence electrons. The normalized spacial score (nSPS) is 10.1. The minimum absolute atomic E-state index is 0.0800. The van der Waals surface area contributed by atoms with Gasteiger partial charge in [0.15, 0.2) is 17.3 Å². The number of hydrogen-bond acceptors (Lipinski definition) is 4. The molecule has 0 bridgehead atoms. The highest BCUT2D eigenvalue weighted by atomic mass is 15.2. The molecule has 0 aliphatic heterocycles. The molecule has 0 radical (unpaired) electrons. The number of nitrogens with zero attached hydrogens (tertiary/aromatic N) is 3. The van der Waals surface area contributed by atoms with E-state index in [9.17, 15) is 0 Å². The van der Waals surface area contributed by atoms with Crippen LogP contribution in [0.3, 0.4) is 0 Å². The molecule has 6 heteroatoms. The molecule has 1 heterocycles. The smallest absolute Gasteiger partial charge is 0.198 e. The first-order valence-electron chi connectivity index (χ1n) is 5.36. The Kier molecular flexibility index (Phi) is 3.09. The van der Waals surface area contributed by atoms with Crippen molar-refractivity contribution in [1.82, 2.24) is 9.55 Å². The van der Waals surface area contributed by atoms with Crippen molar-refractivity contribution in [1.29, 1.82) is 10.8 Å². The molecule has 0 saturated heterocycles. The zero-order chi connectivity index (χ0) is 13.1. The van der Waals surface area contributed by atoms with E-state index in [2.05, 4.69) is 4.98 Å². The first kappa shape index (κ1) is 11.8. The van der Waals surface area contributed by atoms with Gasteiger partial charge >= 0.3 is 0 Å². The van der Waals surface area contributed by atoms with Gasteiger partial charge in [-0.25, -0.2) is 4.98 Å². The fourth-order valence-electron chi connectivity index (χ4n) is 1.63. The van der Waals surface area contributed by atoms with E-state index in [4.69, 9.17) is 16.6 Å². The molecule has 6 nitrogen and oxygen atoms in total. The zero-order valence-electron chi connectivity index (χ0n) is 9.96. The maximum atomic E-state index is 7.99. The summed E-state index contributed by atoms with van der Waals surface area (Å²) in [6.07, 6.45) is 3.02. The topological polar surface area (TPSA) is 94.8 Å². The molecule has 0 amide bonds. The van der Waals surface area contributed by atoms with Crippen molar-refractivity contribution in [2.45, 2.75) is 0 Å². The van der Waals surface area contributed by atoms with E-state index in [-0.39, 0.29) is 11.4 Å². The van der Waals surface area contributed by atoms with Crippen molar-refractivity contribution in [3.8, 4) is 0 Å². The van der Waals surface area contributed by atoms with Crippen LogP contribution in [0.15, 0.2) is 42.7 Å². The van der Waals surface area contributed by atoms with Gasteiger partial charge in [0.2, 0.25) is 0 Å². The third-order valence-electron chi connectivity index (χ3n) is 2.59. The quantitative estimate of drug-likeness (QED) is 0.538. The minimum atomic E-state index is -0.204. The standard InChI is InChI=1S/C12H14N6/c1-17(9-5-3-2-4-6-9)11-10(13)18(12(14)15)8-7-16-11/h2-8,13H,1H3,(H3,14,15). The fraction of sp³-hybridized carbons (Fsp3) is 0.0833. The van der Waals surface area contributed by atoms with Gasteiger partial charge in [0.05, 0.1) is 0 Å². The molecule has 2 rings (SSSR count). The van der Waals surface area contributed by atoms with Crippen LogP contribution in [0.1, 0.15) is 0 Å². The Labute approximate surface area is 104 Å². The number of nitrogen functional groups attached to an aromatic ring is 1. The number of rotatable bonds is 2. The Hall–Kier alpha value is -2.63. The molecule has 1 aromatic heterocycles. The average Bonchev–Trinajstić information content (AvgIpc) is 2.39. The summed E-state index contributed by atoms with van der Waals surface area (Å²) in [5.41, 5.74) is 6.40. The van der Waals surface area contributed by atoms with Gasteiger partial charge in [0.25, 0.3) is 0 Å². The molecule has 1 aromatic carbocycles. The summed E-state index contributed by atoms with van der Waals surface area (Å²) < 4.78 is 1.27. The van der Waals surface area contributed by atoms with Crippen molar-refractivity contribution in [2.75, 3.05) is 11.9 Å². The van der Waals surface area contributed by atoms with Gasteiger partial charge in [-0.15, -0.1) is 0 Å². The highest BCUT2D eigenvalue weighted by molar-refractivity contribution is 5.77. The molecule has 0 unspecified atom stereocenters. The molecule has 0 atom stereocenters. The van der Waals surface area contributed by atoms with Crippen LogP contribution in [0.5, 0.6) is 0 Å². The van der Waals surface area contributed by atoms with Crippen LogP contribution in [0, 0.1) is 10.8 Å². The number of hydrogen-bond donors (Lipinski definition) is 3. The Morgan fingerprint density at radius 3 is 2.61 bits per heavy atom. The summed E-state index contributed by atoms with van der Waals surface area (Å²) in [5.74, 6) is 0.240. The molecule has 2 aromatic rings. The monoisotopic (exact) mass is 242 g/mol. The third kappa shape index (κ3) is 2.08. The van der Waals surface area contributed by atoms with Gasteiger partial charge in [0, 0.05) is 25.1 Å². The Bertz CT molecular complexity index is 616. The Morgan fingerprint density at radius 2 is 2.00 bits per heavy atom. The van der Waals surface area contributed by atoms with E-state index >= 15 is 0 Å². The minimum Gasteiger partial charge on any atom is -0.369 e. The van der Waals surface area contributed by atoms with Crippen LogP contribution in [0.25, 0.3) is 0 Å². The van der Waals surface area contributed by atoms with Gasteiger partial charge in [-0.3, -0.25) is 15.4 Å². The summed E-state index contributed by atoms with van der Waals surface area (Å²) in [6.45, 7) is 0. The number of anilines is 2. The van der Waals surface area contributed by atoms with Crippen LogP contribution in [0.4, 0.5) is 11.5 Å². The Balaban J connectivity index is 2.50. The second-order valence-corrected chi connectivity index (χ2v) is 3.75. The average molecular weight is 242 g/mol. The lowest BCUT2D eigenvalue weighted by molar-refractivity contribution is 0.902. The first-order chi connectivity index (χ1) is 8.61. The van der Waals surface area contributed by atoms with Gasteiger partial charge < -0.3 is 10.6 Å². The number of benzene rings is 1. The van der Waals surface area contributed by atoms with E-state index in [0.29, 0.717) is 5.82 Å². The molecule has 0 saturated carbocycles. The predicted molar refractivity (Wildman–Crippen MR) is 69.9 cm³/mol. The van der Waals surface area contributed by atoms with Crippen molar-refractivity contribution in [3.05, 3.63) is 48.2 Å². The van der Waals surface area contributed by atoms with Crippen LogP contribution < -0.4 is 16.1 Å². The van der Waals surface area contributed by atoms with Gasteiger partial charge in [0.1, 0.15) is 0 Å². The SMILES string of the molecule is CN(c1ccccc1)c1nccn(C(=N)N)c1=N. The van der Waals surface area contributed by atoms with Crippen molar-refractivity contribution in [2.24, 2.45) is 5.73 Å². The van der Waals surface area contributed by atoms with Gasteiger partial charge in [-0.1, -0.05) is 18.2 Å². The van der Waals surface area contributed by atoms with Crippen LogP contribution >= 0.6 is 0 Å². The molecule has 0 aliphatic rings. The highest BCUT2D eigenvalue weighted by Crippen LogP contribution is 2.17. The van der Waals surface area contributed by atoms with E-state index in [1.807, 2.05) is 37.4 Å². The van der Waals surface area contributed by atoms with E-state index in [0.717, 1.165) is 5.69 Å². The second-order valence-electron chi connectivity index (χ2n) is 3.75. The van der Waals surface area contributed by atoms with Gasteiger partial charge in [-0.2, -0.15) is 0 Å². The summed E-state index contributed by atoms with van der Waals surface area (Å²) in [6, 6.07) is 9.60. The summed E-state index contributed by atoms with van der Waals surface area (Å²) in [5, 5.41) is 15.4. The third-order valence-corrected chi connectivity index (χ3v) is 2.59. The van der Waals surface area contributed by atoms with E-state index < -0.39 is 0 Å². The lowest BCUT2D eigenvalue weighted by Crippen LogP contribution is -2.35. The predicted octanol–water partition coefficient (Wildman–Crippen LogP) is 0.872. The molecule has 0 aliphatic carbocycles. The summed E-state index contributed by atoms with van der Waals surface area (Å²) in [7, 11) is 1.82. The zero-order valence-corrected chi connectivity index (χ0v) is 9.96. The first-order valence-corrected chi connectivity index (χ1v) is 5.36. The number of aromatic nitrogens is 2. The van der Waals surface area contributed by atoms with Crippen LogP contribution in [0.2, 0.25) is 0 Å². The fourth-order valence-corrected chi connectivity index (χ4v) is 1.63. The lowest BCUT2D eigenvalue weighted by Gasteiger charge is -2.19. The molecule has 4 N–H and O–H groups in total. The van der Waals surface area contributed by atoms with Crippen molar-refractivity contribution in [3.63, 3.8) is 0 Å². The summed E-state index contributed by atoms with van der Waals surface area (Å²) >= 11 is 0. The maximum absolute atomic E-state index is 7.99. The van der Waals surface area contributed by atoms with Crippen LogP contribution in [-0.2, 0) is 0 Å².